The molecule has 1 aliphatic heterocycles. The maximum Gasteiger partial charge on any atom is 0.249 e. The molecule has 0 spiro atoms. The molecule has 7 heteroatoms. The Morgan fingerprint density at radius 1 is 1.21 bits per heavy atom. The number of carbonyl (C=O) groups excluding carboxylic acids is 2. The summed E-state index contributed by atoms with van der Waals surface area (Å²) in [5, 5.41) is 12.8. The number of amides is 2. The third-order valence-corrected chi connectivity index (χ3v) is 4.94. The highest BCUT2D eigenvalue weighted by molar-refractivity contribution is 5.92. The zero-order valence-corrected chi connectivity index (χ0v) is 16.5. The summed E-state index contributed by atoms with van der Waals surface area (Å²) in [6.45, 7) is 3.51. The van der Waals surface area contributed by atoms with Gasteiger partial charge in [0.2, 0.25) is 11.8 Å². The van der Waals surface area contributed by atoms with Crippen LogP contribution in [0.3, 0.4) is 0 Å². The third kappa shape index (κ3) is 4.99. The minimum absolute atomic E-state index is 0.0732. The predicted molar refractivity (Wildman–Crippen MR) is 106 cm³/mol. The molecule has 0 unspecified atom stereocenters. The Morgan fingerprint density at radius 2 is 1.86 bits per heavy atom. The van der Waals surface area contributed by atoms with Crippen LogP contribution in [0.15, 0.2) is 48.5 Å². The first-order chi connectivity index (χ1) is 13.9. The van der Waals surface area contributed by atoms with Gasteiger partial charge in [0.05, 0.1) is 12.6 Å². The van der Waals surface area contributed by atoms with Gasteiger partial charge < -0.3 is 20.1 Å². The van der Waals surface area contributed by atoms with Crippen molar-refractivity contribution >= 4 is 17.5 Å². The Labute approximate surface area is 169 Å². The van der Waals surface area contributed by atoms with Gasteiger partial charge in [-0.25, -0.2) is 4.39 Å². The van der Waals surface area contributed by atoms with Crippen molar-refractivity contribution in [2.45, 2.75) is 32.5 Å². The molecule has 1 heterocycles. The number of benzene rings is 2. The predicted octanol–water partition coefficient (Wildman–Crippen LogP) is 2.88. The lowest BCUT2D eigenvalue weighted by molar-refractivity contribution is -0.162. The Bertz CT molecular complexity index is 852. The van der Waals surface area contributed by atoms with Gasteiger partial charge in [0.1, 0.15) is 18.5 Å². The molecule has 154 valence electrons. The van der Waals surface area contributed by atoms with E-state index in [0.29, 0.717) is 5.69 Å². The number of morpholine rings is 1. The van der Waals surface area contributed by atoms with Gasteiger partial charge in [0.25, 0.3) is 0 Å². The second-order valence-corrected chi connectivity index (χ2v) is 7.40. The Hall–Kier alpha value is -2.77. The first-order valence-corrected chi connectivity index (χ1v) is 9.56. The SMILES string of the molecule is CC(C)C(=O)Nc1ccc([C@H]2OCC(=O)N(Cc3ccc(F)cc3)[C@@H]2CO)cc1. The molecule has 29 heavy (non-hydrogen) atoms. The zero-order chi connectivity index (χ0) is 21.0. The molecule has 2 aromatic carbocycles. The molecule has 2 atom stereocenters. The lowest BCUT2D eigenvalue weighted by Crippen LogP contribution is -2.52. The van der Waals surface area contributed by atoms with E-state index in [1.807, 2.05) is 26.0 Å². The molecule has 1 fully saturated rings. The van der Waals surface area contributed by atoms with Crippen LogP contribution in [0.2, 0.25) is 0 Å². The molecule has 2 aromatic rings. The molecular weight excluding hydrogens is 375 g/mol. The van der Waals surface area contributed by atoms with E-state index in [1.54, 1.807) is 29.2 Å². The topological polar surface area (TPSA) is 78.9 Å². The summed E-state index contributed by atoms with van der Waals surface area (Å²) < 4.78 is 18.9. The molecule has 6 nitrogen and oxygen atoms in total. The average molecular weight is 400 g/mol. The van der Waals surface area contributed by atoms with Crippen LogP contribution in [-0.2, 0) is 20.9 Å². The van der Waals surface area contributed by atoms with Crippen LogP contribution in [0.1, 0.15) is 31.1 Å². The van der Waals surface area contributed by atoms with Gasteiger partial charge in [-0.2, -0.15) is 0 Å². The number of nitrogens with zero attached hydrogens (tertiary/aromatic N) is 1. The molecule has 2 N–H and O–H groups in total. The molecule has 1 saturated heterocycles. The van der Waals surface area contributed by atoms with Crippen molar-refractivity contribution < 1.29 is 23.8 Å². The van der Waals surface area contributed by atoms with E-state index in [2.05, 4.69) is 5.32 Å². The minimum atomic E-state index is -0.572. The quantitative estimate of drug-likeness (QED) is 0.782. The van der Waals surface area contributed by atoms with E-state index in [4.69, 9.17) is 4.74 Å². The molecule has 0 saturated carbocycles. The summed E-state index contributed by atoms with van der Waals surface area (Å²) in [5.74, 6) is -0.772. The second-order valence-electron chi connectivity index (χ2n) is 7.40. The normalized spacial score (nSPS) is 19.5. The van der Waals surface area contributed by atoms with Crippen LogP contribution in [0.25, 0.3) is 0 Å². The lowest BCUT2D eigenvalue weighted by Gasteiger charge is -2.40. The molecular formula is C22H25FN2O4. The fourth-order valence-electron chi connectivity index (χ4n) is 3.25. The highest BCUT2D eigenvalue weighted by Gasteiger charge is 2.37. The Morgan fingerprint density at radius 3 is 2.45 bits per heavy atom. The smallest absolute Gasteiger partial charge is 0.249 e. The molecule has 0 bridgehead atoms. The van der Waals surface area contributed by atoms with Crippen LogP contribution in [0.4, 0.5) is 10.1 Å². The van der Waals surface area contributed by atoms with Crippen molar-refractivity contribution in [1.82, 2.24) is 4.90 Å². The maximum atomic E-state index is 13.2. The fourth-order valence-corrected chi connectivity index (χ4v) is 3.25. The van der Waals surface area contributed by atoms with Gasteiger partial charge in [-0.1, -0.05) is 38.1 Å². The van der Waals surface area contributed by atoms with Crippen LogP contribution >= 0.6 is 0 Å². The zero-order valence-electron chi connectivity index (χ0n) is 16.5. The molecule has 0 radical (unpaired) electrons. The lowest BCUT2D eigenvalue weighted by atomic mass is 9.98. The number of aliphatic hydroxyl groups is 1. The monoisotopic (exact) mass is 400 g/mol. The molecule has 3 rings (SSSR count). The van der Waals surface area contributed by atoms with Gasteiger partial charge in [0.15, 0.2) is 0 Å². The number of nitrogens with one attached hydrogen (secondary N) is 1. The van der Waals surface area contributed by atoms with Crippen molar-refractivity contribution in [1.29, 1.82) is 0 Å². The summed E-state index contributed by atoms with van der Waals surface area (Å²) >= 11 is 0. The van der Waals surface area contributed by atoms with E-state index < -0.39 is 12.1 Å². The number of aliphatic hydroxyl groups excluding tert-OH is 1. The van der Waals surface area contributed by atoms with Crippen molar-refractivity contribution in [3.8, 4) is 0 Å². The first kappa shape index (κ1) is 21.0. The van der Waals surface area contributed by atoms with Gasteiger partial charge in [0, 0.05) is 18.2 Å². The van der Waals surface area contributed by atoms with Gasteiger partial charge in [-0.15, -0.1) is 0 Å². The average Bonchev–Trinajstić information content (AvgIpc) is 2.71. The van der Waals surface area contributed by atoms with E-state index in [0.717, 1.165) is 11.1 Å². The van der Waals surface area contributed by atoms with Crippen LogP contribution in [-0.4, -0.2) is 41.1 Å². The van der Waals surface area contributed by atoms with Gasteiger partial charge >= 0.3 is 0 Å². The molecule has 0 aromatic heterocycles. The van der Waals surface area contributed by atoms with Crippen LogP contribution in [0, 0.1) is 11.7 Å². The number of anilines is 1. The molecule has 0 aliphatic carbocycles. The van der Waals surface area contributed by atoms with Crippen molar-refractivity contribution in [2.75, 3.05) is 18.5 Å². The van der Waals surface area contributed by atoms with Crippen LogP contribution in [0.5, 0.6) is 0 Å². The number of rotatable bonds is 6. The van der Waals surface area contributed by atoms with E-state index >= 15 is 0 Å². The van der Waals surface area contributed by atoms with Crippen molar-refractivity contribution in [3.63, 3.8) is 0 Å². The number of halogens is 1. The standard InChI is InChI=1S/C22H25FN2O4/c1-14(2)22(28)24-18-9-5-16(6-10-18)21-19(12-26)25(20(27)13-29-21)11-15-3-7-17(23)8-4-15/h3-10,14,19,21,26H,11-13H2,1-2H3,(H,24,28)/t19-,21-/m1/s1. The molecule has 1 aliphatic rings. The third-order valence-electron chi connectivity index (χ3n) is 4.94. The van der Waals surface area contributed by atoms with Gasteiger partial charge in [-0.05, 0) is 35.4 Å². The molecule has 2 amide bonds. The Balaban J connectivity index is 1.77. The second kappa shape index (κ2) is 9.15. The summed E-state index contributed by atoms with van der Waals surface area (Å²) in [6.07, 6.45) is -0.506. The highest BCUT2D eigenvalue weighted by atomic mass is 19.1. The van der Waals surface area contributed by atoms with E-state index in [-0.39, 0.29) is 43.3 Å². The van der Waals surface area contributed by atoms with Crippen molar-refractivity contribution in [2.24, 2.45) is 5.92 Å². The highest BCUT2D eigenvalue weighted by Crippen LogP contribution is 2.31. The van der Waals surface area contributed by atoms with Gasteiger partial charge in [-0.3, -0.25) is 9.59 Å². The van der Waals surface area contributed by atoms with E-state index in [1.165, 1.54) is 12.1 Å². The summed E-state index contributed by atoms with van der Waals surface area (Å²) in [5.41, 5.74) is 2.23. The minimum Gasteiger partial charge on any atom is -0.394 e. The summed E-state index contributed by atoms with van der Waals surface area (Å²) in [4.78, 5) is 25.8. The van der Waals surface area contributed by atoms with Crippen LogP contribution < -0.4 is 5.32 Å². The Kier molecular flexibility index (Phi) is 6.61. The summed E-state index contributed by atoms with van der Waals surface area (Å²) in [6, 6.07) is 12.5. The number of carbonyl (C=O) groups is 2. The summed E-state index contributed by atoms with van der Waals surface area (Å²) in [7, 11) is 0. The number of hydrogen-bond acceptors (Lipinski definition) is 4. The fraction of sp³-hybridized carbons (Fsp3) is 0.364. The number of hydrogen-bond donors (Lipinski definition) is 2. The van der Waals surface area contributed by atoms with Crippen molar-refractivity contribution in [3.05, 3.63) is 65.5 Å². The largest absolute Gasteiger partial charge is 0.394 e. The van der Waals surface area contributed by atoms with E-state index in [9.17, 15) is 19.1 Å². The maximum absolute atomic E-state index is 13.2. The number of ether oxygens (including phenoxy) is 1. The first-order valence-electron chi connectivity index (χ1n) is 9.56.